The first-order valence-corrected chi connectivity index (χ1v) is 12.9. The number of fused-ring (bicyclic) bond motifs is 1. The Balaban J connectivity index is 1.40. The molecule has 0 aliphatic carbocycles. The molecule has 186 valence electrons. The number of rotatable bonds is 8. The largest absolute Gasteiger partial charge is 0.366 e. The Hall–Kier alpha value is -4.18. The van der Waals surface area contributed by atoms with Gasteiger partial charge in [-0.15, -0.1) is 0 Å². The van der Waals surface area contributed by atoms with E-state index < -0.39 is 22.0 Å². The van der Waals surface area contributed by atoms with Crippen molar-refractivity contribution >= 4 is 33.0 Å². The third-order valence-electron chi connectivity index (χ3n) is 5.78. The number of aryl methyl sites for hydroxylation is 2. The number of urea groups is 1. The molecule has 0 fully saturated rings. The Morgan fingerprint density at radius 1 is 1.00 bits per heavy atom. The minimum Gasteiger partial charge on any atom is -0.366 e. The highest BCUT2D eigenvalue weighted by molar-refractivity contribution is 7.90. The van der Waals surface area contributed by atoms with Gasteiger partial charge in [0, 0.05) is 24.2 Å². The van der Waals surface area contributed by atoms with Crippen LogP contribution < -0.4 is 15.8 Å². The molecule has 0 unspecified atom stereocenters. The molecule has 0 saturated carbocycles. The molecule has 36 heavy (non-hydrogen) atoms. The highest BCUT2D eigenvalue weighted by Gasteiger charge is 2.17. The Morgan fingerprint density at radius 3 is 2.33 bits per heavy atom. The summed E-state index contributed by atoms with van der Waals surface area (Å²) < 4.78 is 28.7. The van der Waals surface area contributed by atoms with Crippen molar-refractivity contribution in [1.82, 2.24) is 19.6 Å². The average Bonchev–Trinajstić information content (AvgIpc) is 3.22. The fourth-order valence-corrected chi connectivity index (χ4v) is 4.80. The van der Waals surface area contributed by atoms with Crippen molar-refractivity contribution in [3.8, 4) is 5.69 Å². The van der Waals surface area contributed by atoms with E-state index in [0.717, 1.165) is 28.2 Å². The molecule has 4 N–H and O–H groups in total. The fraction of sp³-hybridized carbons (Fsp3) is 0.192. The number of imidazole rings is 1. The number of carbonyl (C=O) groups excluding carboxylic acids is 2. The number of nitrogens with two attached hydrogens (primary N) is 1. The summed E-state index contributed by atoms with van der Waals surface area (Å²) in [5.74, 6) is 0.358. The van der Waals surface area contributed by atoms with Crippen molar-refractivity contribution in [3.05, 3.63) is 89.2 Å². The standard InChI is InChI=1S/C26H27N5O4S/c1-3-24-29-22-16-19(25(27)32)8-13-23(22)31(24)20-9-6-18(7-10-20)14-15-28-26(33)30-36(34,35)21-11-4-17(2)5-12-21/h4-13,16H,3,14-15H2,1-2H3,(H2,27,32)(H2,28,30,33). The maximum atomic E-state index is 12.3. The molecule has 3 amide bonds. The zero-order valence-corrected chi connectivity index (χ0v) is 20.8. The van der Waals surface area contributed by atoms with Gasteiger partial charge >= 0.3 is 6.03 Å². The topological polar surface area (TPSA) is 136 Å². The Morgan fingerprint density at radius 2 is 1.69 bits per heavy atom. The molecule has 9 nitrogen and oxygen atoms in total. The number of nitrogens with one attached hydrogen (secondary N) is 2. The average molecular weight is 506 g/mol. The molecule has 10 heteroatoms. The fourth-order valence-electron chi connectivity index (χ4n) is 3.88. The van der Waals surface area contributed by atoms with Crippen molar-refractivity contribution in [1.29, 1.82) is 0 Å². The van der Waals surface area contributed by atoms with E-state index in [2.05, 4.69) is 10.3 Å². The van der Waals surface area contributed by atoms with Crippen LogP contribution >= 0.6 is 0 Å². The molecule has 0 saturated heterocycles. The van der Waals surface area contributed by atoms with Crippen molar-refractivity contribution < 1.29 is 18.0 Å². The second-order valence-electron chi connectivity index (χ2n) is 8.38. The monoisotopic (exact) mass is 505 g/mol. The first-order chi connectivity index (χ1) is 17.2. The molecule has 0 aliphatic rings. The van der Waals surface area contributed by atoms with Crippen molar-refractivity contribution in [3.63, 3.8) is 0 Å². The SMILES string of the molecule is CCc1nc2cc(C(N)=O)ccc2n1-c1ccc(CCNC(=O)NS(=O)(=O)c2ccc(C)cc2)cc1. The van der Waals surface area contributed by atoms with Crippen LogP contribution in [0.25, 0.3) is 16.7 Å². The molecular formula is C26H27N5O4S. The predicted octanol–water partition coefficient (Wildman–Crippen LogP) is 3.23. The van der Waals surface area contributed by atoms with Gasteiger partial charge < -0.3 is 11.1 Å². The second-order valence-corrected chi connectivity index (χ2v) is 10.1. The first kappa shape index (κ1) is 24.9. The molecular weight excluding hydrogens is 478 g/mol. The smallest absolute Gasteiger partial charge is 0.328 e. The third-order valence-corrected chi connectivity index (χ3v) is 7.12. The van der Waals surface area contributed by atoms with Crippen LogP contribution in [0, 0.1) is 6.92 Å². The summed E-state index contributed by atoms with van der Waals surface area (Å²) in [4.78, 5) is 28.3. The number of carbonyl (C=O) groups is 2. The Kier molecular flexibility index (Phi) is 7.07. The van der Waals surface area contributed by atoms with E-state index in [0.29, 0.717) is 23.9 Å². The van der Waals surface area contributed by atoms with Crippen LogP contribution in [-0.2, 0) is 22.9 Å². The highest BCUT2D eigenvalue weighted by Crippen LogP contribution is 2.23. The van der Waals surface area contributed by atoms with Gasteiger partial charge in [0.1, 0.15) is 5.82 Å². The van der Waals surface area contributed by atoms with E-state index in [9.17, 15) is 18.0 Å². The van der Waals surface area contributed by atoms with Crippen LogP contribution in [-0.4, -0.2) is 36.5 Å². The van der Waals surface area contributed by atoms with E-state index in [4.69, 9.17) is 5.73 Å². The molecule has 1 heterocycles. The van der Waals surface area contributed by atoms with Crippen LogP contribution in [0.15, 0.2) is 71.6 Å². The van der Waals surface area contributed by atoms with Crippen LogP contribution in [0.5, 0.6) is 0 Å². The number of sulfonamides is 1. The van der Waals surface area contributed by atoms with Gasteiger partial charge in [-0.1, -0.05) is 36.8 Å². The molecule has 0 radical (unpaired) electrons. The molecule has 4 aromatic rings. The number of hydrogen-bond acceptors (Lipinski definition) is 5. The lowest BCUT2D eigenvalue weighted by Crippen LogP contribution is -2.40. The maximum Gasteiger partial charge on any atom is 0.328 e. The zero-order valence-electron chi connectivity index (χ0n) is 20.0. The Bertz CT molecular complexity index is 1530. The number of benzene rings is 3. The van der Waals surface area contributed by atoms with Crippen LogP contribution in [0.4, 0.5) is 4.79 Å². The van der Waals surface area contributed by atoms with Crippen LogP contribution in [0.2, 0.25) is 0 Å². The summed E-state index contributed by atoms with van der Waals surface area (Å²) in [5, 5.41) is 2.59. The number of aromatic nitrogens is 2. The summed E-state index contributed by atoms with van der Waals surface area (Å²) >= 11 is 0. The molecule has 1 aromatic heterocycles. The van der Waals surface area contributed by atoms with E-state index in [-0.39, 0.29) is 11.4 Å². The number of primary amides is 1. The van der Waals surface area contributed by atoms with Gasteiger partial charge in [0.15, 0.2) is 0 Å². The third kappa shape index (κ3) is 5.38. The van der Waals surface area contributed by atoms with Gasteiger partial charge in [-0.05, 0) is 61.4 Å². The van der Waals surface area contributed by atoms with Gasteiger partial charge in [0.25, 0.3) is 10.0 Å². The molecule has 0 atom stereocenters. The molecule has 0 bridgehead atoms. The van der Waals surface area contributed by atoms with E-state index >= 15 is 0 Å². The second kappa shape index (κ2) is 10.2. The number of nitrogens with zero attached hydrogens (tertiary/aromatic N) is 2. The molecule has 0 aliphatic heterocycles. The van der Waals surface area contributed by atoms with E-state index in [1.807, 2.05) is 53.5 Å². The van der Waals surface area contributed by atoms with Gasteiger partial charge in [0.2, 0.25) is 5.91 Å². The van der Waals surface area contributed by atoms with Crippen molar-refractivity contribution in [2.45, 2.75) is 31.6 Å². The minimum atomic E-state index is -3.93. The molecule has 3 aromatic carbocycles. The Labute approximate surface area is 209 Å². The predicted molar refractivity (Wildman–Crippen MR) is 138 cm³/mol. The molecule has 4 rings (SSSR count). The summed E-state index contributed by atoms with van der Waals surface area (Å²) in [6.45, 7) is 4.12. The normalized spacial score (nSPS) is 11.4. The summed E-state index contributed by atoms with van der Waals surface area (Å²) in [7, 11) is -3.93. The zero-order chi connectivity index (χ0) is 25.9. The summed E-state index contributed by atoms with van der Waals surface area (Å²) in [5.41, 5.74) is 10.2. The number of hydrogen-bond donors (Lipinski definition) is 3. The van der Waals surface area contributed by atoms with Crippen LogP contribution in [0.1, 0.15) is 34.2 Å². The first-order valence-electron chi connectivity index (χ1n) is 11.5. The van der Waals surface area contributed by atoms with Gasteiger partial charge in [-0.2, -0.15) is 0 Å². The van der Waals surface area contributed by atoms with E-state index in [1.165, 1.54) is 12.1 Å². The lowest BCUT2D eigenvalue weighted by Gasteiger charge is -2.11. The van der Waals surface area contributed by atoms with Crippen molar-refractivity contribution in [2.24, 2.45) is 5.73 Å². The van der Waals surface area contributed by atoms with Crippen molar-refractivity contribution in [2.75, 3.05) is 6.54 Å². The minimum absolute atomic E-state index is 0.0307. The maximum absolute atomic E-state index is 12.3. The molecule has 0 spiro atoms. The van der Waals surface area contributed by atoms with E-state index in [1.54, 1.807) is 24.3 Å². The summed E-state index contributed by atoms with van der Waals surface area (Å²) in [6, 6.07) is 18.5. The number of amides is 3. The van der Waals surface area contributed by atoms with Crippen LogP contribution in [0.3, 0.4) is 0 Å². The van der Waals surface area contributed by atoms with Gasteiger partial charge in [-0.3, -0.25) is 9.36 Å². The van der Waals surface area contributed by atoms with Gasteiger partial charge in [0.05, 0.1) is 15.9 Å². The highest BCUT2D eigenvalue weighted by atomic mass is 32.2. The lowest BCUT2D eigenvalue weighted by atomic mass is 10.1. The summed E-state index contributed by atoms with van der Waals surface area (Å²) in [6.07, 6.45) is 1.22. The van der Waals surface area contributed by atoms with Gasteiger partial charge in [-0.25, -0.2) is 22.9 Å². The quantitative estimate of drug-likeness (QED) is 0.338. The lowest BCUT2D eigenvalue weighted by molar-refractivity contribution is 0.100.